The molecule has 1 atom stereocenters. The highest BCUT2D eigenvalue weighted by Gasteiger charge is 2.27. The van der Waals surface area contributed by atoms with Crippen molar-refractivity contribution in [2.75, 3.05) is 6.79 Å². The van der Waals surface area contributed by atoms with E-state index in [4.69, 9.17) is 14.5 Å². The van der Waals surface area contributed by atoms with E-state index in [1.165, 1.54) is 28.6 Å². The molecule has 2 aromatic carbocycles. The Hall–Kier alpha value is -2.77. The van der Waals surface area contributed by atoms with Crippen LogP contribution in [0.25, 0.3) is 15.9 Å². The van der Waals surface area contributed by atoms with Gasteiger partial charge in [-0.15, -0.1) is 11.3 Å². The quantitative estimate of drug-likeness (QED) is 0.373. The number of ether oxygens (including phenoxy) is 2. The molecule has 5 nitrogen and oxygen atoms in total. The molecular formula is C24H20N2O3S2. The molecule has 4 aromatic rings. The SMILES string of the molecule is CC1CCCc2sc3nc(Sc4ccc5c(c4)OCO5)n(-c4ccccc4)c(=O)c3c21. The van der Waals surface area contributed by atoms with Gasteiger partial charge in [-0.3, -0.25) is 9.36 Å². The van der Waals surface area contributed by atoms with Crippen LogP contribution >= 0.6 is 23.1 Å². The third-order valence-electron chi connectivity index (χ3n) is 5.91. The highest BCUT2D eigenvalue weighted by atomic mass is 32.2. The van der Waals surface area contributed by atoms with Gasteiger partial charge in [-0.25, -0.2) is 4.98 Å². The summed E-state index contributed by atoms with van der Waals surface area (Å²) in [5, 5.41) is 1.46. The molecular weight excluding hydrogens is 428 g/mol. The maximum Gasteiger partial charge on any atom is 0.267 e. The average molecular weight is 449 g/mol. The van der Waals surface area contributed by atoms with Gasteiger partial charge in [0.1, 0.15) is 4.83 Å². The van der Waals surface area contributed by atoms with Crippen molar-refractivity contribution in [1.82, 2.24) is 9.55 Å². The topological polar surface area (TPSA) is 53.4 Å². The lowest BCUT2D eigenvalue weighted by molar-refractivity contribution is 0.174. The first-order chi connectivity index (χ1) is 15.2. The number of para-hydroxylation sites is 1. The lowest BCUT2D eigenvalue weighted by Crippen LogP contribution is -2.22. The van der Waals surface area contributed by atoms with Crippen LogP contribution in [-0.2, 0) is 6.42 Å². The van der Waals surface area contributed by atoms with Crippen LogP contribution in [-0.4, -0.2) is 16.3 Å². The standard InChI is InChI=1S/C24H20N2O3S2/c1-14-6-5-9-19-20(14)21-22(31-19)25-24(26(23(21)27)15-7-3-2-4-8-15)30-16-10-11-17-18(12-16)29-13-28-17/h2-4,7-8,10-12,14H,5-6,9,13H2,1H3. The predicted molar refractivity (Wildman–Crippen MR) is 123 cm³/mol. The summed E-state index contributed by atoms with van der Waals surface area (Å²) >= 11 is 3.16. The van der Waals surface area contributed by atoms with E-state index < -0.39 is 0 Å². The van der Waals surface area contributed by atoms with E-state index in [9.17, 15) is 4.79 Å². The number of hydrogen-bond donors (Lipinski definition) is 0. The van der Waals surface area contributed by atoms with Crippen LogP contribution in [0, 0.1) is 0 Å². The molecule has 1 aliphatic carbocycles. The molecule has 156 valence electrons. The van der Waals surface area contributed by atoms with Crippen LogP contribution in [0.1, 0.15) is 36.1 Å². The van der Waals surface area contributed by atoms with E-state index in [-0.39, 0.29) is 12.4 Å². The first-order valence-corrected chi connectivity index (χ1v) is 12.0. The van der Waals surface area contributed by atoms with E-state index in [1.54, 1.807) is 15.9 Å². The molecule has 7 heteroatoms. The smallest absolute Gasteiger partial charge is 0.267 e. The van der Waals surface area contributed by atoms with Crippen molar-refractivity contribution in [3.05, 3.63) is 69.3 Å². The van der Waals surface area contributed by atoms with Crippen molar-refractivity contribution in [2.45, 2.75) is 42.2 Å². The van der Waals surface area contributed by atoms with E-state index in [2.05, 4.69) is 6.92 Å². The Balaban J connectivity index is 1.57. The fourth-order valence-electron chi connectivity index (χ4n) is 4.44. The first kappa shape index (κ1) is 19.0. The second-order valence-electron chi connectivity index (χ2n) is 7.90. The number of fused-ring (bicyclic) bond motifs is 4. The van der Waals surface area contributed by atoms with Gasteiger partial charge in [0.15, 0.2) is 16.7 Å². The summed E-state index contributed by atoms with van der Waals surface area (Å²) < 4.78 is 12.7. The maximum atomic E-state index is 13.9. The molecule has 0 N–H and O–H groups in total. The number of aromatic nitrogens is 2. The largest absolute Gasteiger partial charge is 0.454 e. The zero-order valence-electron chi connectivity index (χ0n) is 17.0. The van der Waals surface area contributed by atoms with E-state index in [1.807, 2.05) is 48.5 Å². The molecule has 2 aromatic heterocycles. The Bertz CT molecular complexity index is 1360. The Morgan fingerprint density at radius 1 is 1.13 bits per heavy atom. The average Bonchev–Trinajstić information content (AvgIpc) is 3.39. The molecule has 1 aliphatic heterocycles. The lowest BCUT2D eigenvalue weighted by Gasteiger charge is -2.19. The number of nitrogens with zero attached hydrogens (tertiary/aromatic N) is 2. The van der Waals surface area contributed by atoms with Gasteiger partial charge in [-0.05, 0) is 61.1 Å². The van der Waals surface area contributed by atoms with Crippen LogP contribution in [0.5, 0.6) is 11.5 Å². The molecule has 31 heavy (non-hydrogen) atoms. The zero-order valence-corrected chi connectivity index (χ0v) is 18.6. The minimum Gasteiger partial charge on any atom is -0.454 e. The molecule has 1 unspecified atom stereocenters. The molecule has 0 bridgehead atoms. The molecule has 0 saturated carbocycles. The number of thiophene rings is 1. The monoisotopic (exact) mass is 448 g/mol. The summed E-state index contributed by atoms with van der Waals surface area (Å²) in [6.07, 6.45) is 3.33. The number of rotatable bonds is 3. The Labute approximate surface area is 187 Å². The Kier molecular flexibility index (Phi) is 4.54. The minimum absolute atomic E-state index is 0.0192. The van der Waals surface area contributed by atoms with Gasteiger partial charge >= 0.3 is 0 Å². The van der Waals surface area contributed by atoms with Gasteiger partial charge in [0.25, 0.3) is 5.56 Å². The Morgan fingerprint density at radius 3 is 2.84 bits per heavy atom. The molecule has 0 radical (unpaired) electrons. The van der Waals surface area contributed by atoms with Gasteiger partial charge in [-0.1, -0.05) is 36.9 Å². The summed E-state index contributed by atoms with van der Waals surface area (Å²) in [6, 6.07) is 15.6. The second-order valence-corrected chi connectivity index (χ2v) is 10.0. The summed E-state index contributed by atoms with van der Waals surface area (Å²) in [4.78, 5) is 22.0. The van der Waals surface area contributed by atoms with Crippen LogP contribution < -0.4 is 15.0 Å². The fraction of sp³-hybridized carbons (Fsp3) is 0.250. The third kappa shape index (κ3) is 3.15. The fourth-order valence-corrected chi connectivity index (χ4v) is 6.75. The Morgan fingerprint density at radius 2 is 1.97 bits per heavy atom. The van der Waals surface area contributed by atoms with Crippen LogP contribution in [0.2, 0.25) is 0 Å². The zero-order chi connectivity index (χ0) is 20.9. The minimum atomic E-state index is 0.0192. The molecule has 0 fully saturated rings. The summed E-state index contributed by atoms with van der Waals surface area (Å²) in [6.45, 7) is 2.47. The van der Waals surface area contributed by atoms with Gasteiger partial charge in [0, 0.05) is 9.77 Å². The molecule has 2 aliphatic rings. The van der Waals surface area contributed by atoms with Gasteiger partial charge in [0.05, 0.1) is 11.1 Å². The molecule has 0 spiro atoms. The highest BCUT2D eigenvalue weighted by Crippen LogP contribution is 2.42. The van der Waals surface area contributed by atoms with Crippen LogP contribution in [0.3, 0.4) is 0 Å². The maximum absolute atomic E-state index is 13.9. The van der Waals surface area contributed by atoms with E-state index in [0.29, 0.717) is 11.1 Å². The predicted octanol–water partition coefficient (Wildman–Crippen LogP) is 5.77. The van der Waals surface area contributed by atoms with Crippen LogP contribution in [0.4, 0.5) is 0 Å². The van der Waals surface area contributed by atoms with Gasteiger partial charge < -0.3 is 9.47 Å². The highest BCUT2D eigenvalue weighted by molar-refractivity contribution is 7.99. The lowest BCUT2D eigenvalue weighted by atomic mass is 9.88. The third-order valence-corrected chi connectivity index (χ3v) is 8.02. The van der Waals surface area contributed by atoms with Crippen LogP contribution in [0.15, 0.2) is 63.4 Å². The van der Waals surface area contributed by atoms with Gasteiger partial charge in [-0.2, -0.15) is 0 Å². The number of benzene rings is 2. The van der Waals surface area contributed by atoms with Crippen molar-refractivity contribution < 1.29 is 9.47 Å². The summed E-state index contributed by atoms with van der Waals surface area (Å²) in [5.41, 5.74) is 2.06. The van der Waals surface area contributed by atoms with Crippen molar-refractivity contribution in [1.29, 1.82) is 0 Å². The summed E-state index contributed by atoms with van der Waals surface area (Å²) in [7, 11) is 0. The normalized spacial score (nSPS) is 17.1. The van der Waals surface area contributed by atoms with E-state index >= 15 is 0 Å². The molecule has 6 rings (SSSR count). The van der Waals surface area contributed by atoms with Crippen molar-refractivity contribution in [3.8, 4) is 17.2 Å². The second kappa shape index (κ2) is 7.43. The first-order valence-electron chi connectivity index (χ1n) is 10.4. The molecule has 0 amide bonds. The summed E-state index contributed by atoms with van der Waals surface area (Å²) in [5.74, 6) is 1.86. The molecule has 3 heterocycles. The van der Waals surface area contributed by atoms with Crippen molar-refractivity contribution >= 4 is 33.3 Å². The number of aryl methyl sites for hydroxylation is 1. The van der Waals surface area contributed by atoms with Crippen molar-refractivity contribution in [3.63, 3.8) is 0 Å². The number of hydrogen-bond acceptors (Lipinski definition) is 6. The van der Waals surface area contributed by atoms with Crippen molar-refractivity contribution in [2.24, 2.45) is 0 Å². The van der Waals surface area contributed by atoms with Gasteiger partial charge in [0.2, 0.25) is 6.79 Å². The molecule has 0 saturated heterocycles. The van der Waals surface area contributed by atoms with E-state index in [0.717, 1.165) is 45.1 Å².